The first-order chi connectivity index (χ1) is 16.4. The maximum Gasteiger partial charge on any atom is 0.348 e. The van der Waals surface area contributed by atoms with E-state index < -0.39 is 22.1 Å². The molecule has 4 rings (SSSR count). The Labute approximate surface area is 200 Å². The summed E-state index contributed by atoms with van der Waals surface area (Å²) in [5.74, 6) is -0.233. The molecule has 34 heavy (non-hydrogen) atoms. The van der Waals surface area contributed by atoms with E-state index in [-0.39, 0.29) is 29.8 Å². The van der Waals surface area contributed by atoms with Gasteiger partial charge in [-0.1, -0.05) is 43.5 Å². The normalized spacial score (nSPS) is 18.6. The van der Waals surface area contributed by atoms with Crippen LogP contribution in [0.1, 0.15) is 44.1 Å². The highest BCUT2D eigenvalue weighted by molar-refractivity contribution is 7.89. The van der Waals surface area contributed by atoms with E-state index in [1.165, 1.54) is 7.11 Å². The van der Waals surface area contributed by atoms with Gasteiger partial charge in [-0.15, -0.1) is 0 Å². The van der Waals surface area contributed by atoms with Crippen molar-refractivity contribution in [1.82, 2.24) is 4.72 Å². The highest BCUT2D eigenvalue weighted by Gasteiger charge is 2.34. The quantitative estimate of drug-likeness (QED) is 0.603. The van der Waals surface area contributed by atoms with Crippen molar-refractivity contribution in [3.05, 3.63) is 54.1 Å². The number of fused-ring (bicyclic) bond motifs is 1. The van der Waals surface area contributed by atoms with Crippen LogP contribution in [0, 0.1) is 0 Å². The van der Waals surface area contributed by atoms with Gasteiger partial charge < -0.3 is 14.4 Å². The molecule has 0 saturated heterocycles. The molecule has 0 unspecified atom stereocenters. The monoisotopic (exact) mass is 486 g/mol. The molecule has 0 radical (unpaired) electrons. The summed E-state index contributed by atoms with van der Waals surface area (Å²) >= 11 is 0. The molecule has 8 nitrogen and oxygen atoms in total. The molecular weight excluding hydrogens is 456 g/mol. The number of nitrogens with zero attached hydrogens (tertiary/aromatic N) is 1. The molecule has 1 saturated carbocycles. The predicted octanol–water partition coefficient (Wildman–Crippen LogP) is 3.20. The number of anilines is 1. The smallest absolute Gasteiger partial charge is 0.348 e. The molecule has 1 atom stereocenters. The summed E-state index contributed by atoms with van der Waals surface area (Å²) in [7, 11) is -2.27. The molecule has 0 aromatic heterocycles. The van der Waals surface area contributed by atoms with Crippen molar-refractivity contribution in [2.75, 3.05) is 18.6 Å². The number of sulfonamides is 1. The molecule has 2 aromatic rings. The van der Waals surface area contributed by atoms with Crippen LogP contribution in [0.25, 0.3) is 0 Å². The van der Waals surface area contributed by atoms with E-state index in [9.17, 15) is 18.0 Å². The fraction of sp³-hybridized carbons (Fsp3) is 0.440. The number of methoxy groups -OCH3 is 1. The summed E-state index contributed by atoms with van der Waals surface area (Å²) in [5, 5.41) is 0. The second kappa shape index (κ2) is 10.6. The van der Waals surface area contributed by atoms with Gasteiger partial charge in [0.2, 0.25) is 22.0 Å². The molecule has 1 N–H and O–H groups in total. The van der Waals surface area contributed by atoms with Gasteiger partial charge in [-0.2, -0.15) is 0 Å². The number of carbonyl (C=O) groups excluding carboxylic acids is 2. The predicted molar refractivity (Wildman–Crippen MR) is 127 cm³/mol. The van der Waals surface area contributed by atoms with Gasteiger partial charge in [-0.3, -0.25) is 4.79 Å². The van der Waals surface area contributed by atoms with Gasteiger partial charge in [0.25, 0.3) is 0 Å². The average molecular weight is 487 g/mol. The van der Waals surface area contributed by atoms with Crippen LogP contribution in [-0.2, 0) is 30.8 Å². The lowest BCUT2D eigenvalue weighted by Gasteiger charge is -2.33. The van der Waals surface area contributed by atoms with E-state index in [1.54, 1.807) is 47.4 Å². The van der Waals surface area contributed by atoms with Crippen LogP contribution in [0.15, 0.2) is 53.4 Å². The first kappa shape index (κ1) is 24.2. The number of hydrogen-bond acceptors (Lipinski definition) is 6. The van der Waals surface area contributed by atoms with Crippen LogP contribution in [0.3, 0.4) is 0 Å². The number of ether oxygens (including phenoxy) is 2. The maximum absolute atomic E-state index is 13.1. The summed E-state index contributed by atoms with van der Waals surface area (Å²) in [6.07, 6.45) is 4.77. The van der Waals surface area contributed by atoms with E-state index in [0.29, 0.717) is 17.9 Å². The third-order valence-electron chi connectivity index (χ3n) is 6.33. The van der Waals surface area contributed by atoms with Crippen LogP contribution in [0.2, 0.25) is 0 Å². The Morgan fingerprint density at radius 2 is 1.76 bits per heavy atom. The van der Waals surface area contributed by atoms with Gasteiger partial charge in [0.05, 0.1) is 24.2 Å². The van der Waals surface area contributed by atoms with Crippen molar-refractivity contribution in [2.45, 2.75) is 62.0 Å². The Morgan fingerprint density at radius 1 is 1.06 bits per heavy atom. The number of benzene rings is 2. The highest BCUT2D eigenvalue weighted by atomic mass is 32.2. The van der Waals surface area contributed by atoms with Gasteiger partial charge in [-0.05, 0) is 49.1 Å². The second-order valence-corrected chi connectivity index (χ2v) is 10.4. The Kier molecular flexibility index (Phi) is 7.53. The van der Waals surface area contributed by atoms with E-state index in [2.05, 4.69) is 4.72 Å². The van der Waals surface area contributed by atoms with Crippen LogP contribution < -0.4 is 14.4 Å². The van der Waals surface area contributed by atoms with Gasteiger partial charge >= 0.3 is 5.97 Å². The SMILES string of the molecule is COC(=O)[C@H]1CN(C(=O)CCc2ccc(S(=O)(=O)NC3CCCCC3)cc2)c2ccccc2O1. The molecule has 2 aliphatic rings. The van der Waals surface area contributed by atoms with E-state index in [1.807, 2.05) is 6.07 Å². The number of hydrogen-bond donors (Lipinski definition) is 1. The van der Waals surface area contributed by atoms with Gasteiger partial charge in [0.15, 0.2) is 0 Å². The van der Waals surface area contributed by atoms with Crippen LogP contribution in [0.5, 0.6) is 5.75 Å². The van der Waals surface area contributed by atoms with Crippen LogP contribution in [-0.4, -0.2) is 46.1 Å². The van der Waals surface area contributed by atoms with Gasteiger partial charge in [0.1, 0.15) is 5.75 Å². The molecule has 0 bridgehead atoms. The van der Waals surface area contributed by atoms with Crippen molar-refractivity contribution >= 4 is 27.6 Å². The van der Waals surface area contributed by atoms with E-state index in [0.717, 1.165) is 37.7 Å². The van der Waals surface area contributed by atoms with Crippen LogP contribution >= 0.6 is 0 Å². The summed E-state index contributed by atoms with van der Waals surface area (Å²) in [6, 6.07) is 13.7. The highest BCUT2D eigenvalue weighted by Crippen LogP contribution is 2.34. The van der Waals surface area contributed by atoms with Crippen molar-refractivity contribution < 1.29 is 27.5 Å². The third kappa shape index (κ3) is 5.59. The molecule has 9 heteroatoms. The van der Waals surface area contributed by atoms with Gasteiger partial charge in [-0.25, -0.2) is 17.9 Å². The number of nitrogens with one attached hydrogen (secondary N) is 1. The third-order valence-corrected chi connectivity index (χ3v) is 7.86. The van der Waals surface area contributed by atoms with Crippen LogP contribution in [0.4, 0.5) is 5.69 Å². The zero-order chi connectivity index (χ0) is 24.1. The molecular formula is C25H30N2O6S. The molecule has 1 aliphatic carbocycles. The van der Waals surface area contributed by atoms with Crippen molar-refractivity contribution in [1.29, 1.82) is 0 Å². The first-order valence-corrected chi connectivity index (χ1v) is 13.1. The summed E-state index contributed by atoms with van der Waals surface area (Å²) in [4.78, 5) is 26.9. The Bertz CT molecular complexity index is 1130. The summed E-state index contributed by atoms with van der Waals surface area (Å²) in [6.45, 7) is 0.0759. The maximum atomic E-state index is 13.1. The number of amides is 1. The van der Waals surface area contributed by atoms with E-state index in [4.69, 9.17) is 9.47 Å². The van der Waals surface area contributed by atoms with Crippen molar-refractivity contribution in [3.8, 4) is 5.75 Å². The summed E-state index contributed by atoms with van der Waals surface area (Å²) < 4.78 is 38.7. The fourth-order valence-corrected chi connectivity index (χ4v) is 5.76. The van der Waals surface area contributed by atoms with E-state index >= 15 is 0 Å². The molecule has 1 fully saturated rings. The second-order valence-electron chi connectivity index (χ2n) is 8.70. The van der Waals surface area contributed by atoms with Crippen molar-refractivity contribution in [3.63, 3.8) is 0 Å². The average Bonchev–Trinajstić information content (AvgIpc) is 2.86. The molecule has 1 aliphatic heterocycles. The number of para-hydroxylation sites is 2. The molecule has 2 aromatic carbocycles. The molecule has 1 amide bonds. The Balaban J connectivity index is 1.39. The van der Waals surface area contributed by atoms with Gasteiger partial charge in [0, 0.05) is 12.5 Å². The largest absolute Gasteiger partial charge is 0.475 e. The lowest BCUT2D eigenvalue weighted by atomic mass is 9.96. The number of aryl methyl sites for hydroxylation is 1. The number of esters is 1. The zero-order valence-electron chi connectivity index (χ0n) is 19.2. The zero-order valence-corrected chi connectivity index (χ0v) is 20.1. The molecule has 1 heterocycles. The molecule has 0 spiro atoms. The topological polar surface area (TPSA) is 102 Å². The first-order valence-electron chi connectivity index (χ1n) is 11.6. The molecule has 182 valence electrons. The lowest BCUT2D eigenvalue weighted by Crippen LogP contribution is -2.47. The standard InChI is InChI=1S/C25H30N2O6S/c1-32-25(29)23-17-27(21-9-5-6-10-22(21)33-23)24(28)16-13-18-11-14-20(15-12-18)34(30,31)26-19-7-3-2-4-8-19/h5-6,9-12,14-15,19,23,26H,2-4,7-8,13,16-17H2,1H3/t23-/m1/s1. The summed E-state index contributed by atoms with van der Waals surface area (Å²) in [5.41, 5.74) is 1.47. The number of carbonyl (C=O) groups is 2. The number of rotatable bonds is 7. The van der Waals surface area contributed by atoms with Crippen molar-refractivity contribution in [2.24, 2.45) is 0 Å². The Hall–Kier alpha value is -2.91. The Morgan fingerprint density at radius 3 is 2.47 bits per heavy atom. The lowest BCUT2D eigenvalue weighted by molar-refractivity contribution is -0.148. The minimum Gasteiger partial charge on any atom is -0.475 e. The fourth-order valence-electron chi connectivity index (χ4n) is 4.45. The minimum atomic E-state index is -3.56. The minimum absolute atomic E-state index is 0.00117.